The molecule has 1 aromatic rings. The first-order valence-corrected chi connectivity index (χ1v) is 14.2. The van der Waals surface area contributed by atoms with Crippen molar-refractivity contribution in [3.8, 4) is 0 Å². The number of allylic oxidation sites excluding steroid dienone is 1. The number of hydrogen-bond acceptors (Lipinski definition) is 0. The Labute approximate surface area is 212 Å². The van der Waals surface area contributed by atoms with Gasteiger partial charge >= 0.3 is 21.7 Å². The Balaban J connectivity index is 0. The third-order valence-corrected chi connectivity index (χ3v) is 10.7. The fourth-order valence-electron chi connectivity index (χ4n) is 5.99. The fraction of sp³-hybridized carbons (Fsp3) is 0.607. The average molecular weight is 476 g/mol. The Morgan fingerprint density at radius 1 is 0.903 bits per heavy atom. The van der Waals surface area contributed by atoms with E-state index in [-0.39, 0.29) is 49.5 Å². The Morgan fingerprint density at radius 3 is 2.13 bits per heavy atom. The quantitative estimate of drug-likeness (QED) is 0.299. The van der Waals surface area contributed by atoms with Crippen LogP contribution in [0.4, 0.5) is 0 Å². The first kappa shape index (κ1) is 33.0. The molecule has 2 fully saturated rings. The maximum atomic E-state index is 5.25. The van der Waals surface area contributed by atoms with E-state index in [9.17, 15) is 0 Å². The monoisotopic (exact) mass is 475 g/mol. The molecule has 2 saturated carbocycles. The molecule has 0 N–H and O–H groups in total. The summed E-state index contributed by atoms with van der Waals surface area (Å²) in [5, 5.41) is 0. The average Bonchev–Trinajstić information content (AvgIpc) is 3.18. The molecule has 3 aliphatic rings. The van der Waals surface area contributed by atoms with Crippen LogP contribution in [-0.4, -0.2) is 13.8 Å². The van der Waals surface area contributed by atoms with Crippen LogP contribution < -0.4 is 0 Å². The summed E-state index contributed by atoms with van der Waals surface area (Å²) >= 11 is 0. The molecule has 3 aliphatic carbocycles. The van der Waals surface area contributed by atoms with Gasteiger partial charge in [-0.05, 0) is 28.9 Å². The minimum Gasteiger partial charge on any atom is -0.660 e. The van der Waals surface area contributed by atoms with Gasteiger partial charge in [0.25, 0.3) is 0 Å². The standard InChI is InChI=1S/C15H30NSi.C10H10.3CH3.Ti/c1-15(2,3)16-17(4,5)14-11-10-12-8-6-7-9-13(12)14;1-8-6-7-9-4-2-3-5-10(8)9;;;;/h12-14H,6-11H2,1-5H3;2-8H,1H3;3*1H3;/q-1;;3*-1;+4. The Morgan fingerprint density at radius 2 is 1.52 bits per heavy atom. The third kappa shape index (κ3) is 8.61. The number of nitrogens with zero attached hydrogens (tertiary/aromatic N) is 1. The van der Waals surface area contributed by atoms with Crippen LogP contribution in [-0.2, 0) is 21.7 Å². The smallest absolute Gasteiger partial charge is 0.660 e. The van der Waals surface area contributed by atoms with Crippen molar-refractivity contribution in [2.75, 3.05) is 0 Å². The maximum absolute atomic E-state index is 5.25. The van der Waals surface area contributed by atoms with E-state index < -0.39 is 8.24 Å². The molecule has 174 valence electrons. The molecule has 0 aromatic heterocycles. The molecule has 0 bridgehead atoms. The number of fused-ring (bicyclic) bond motifs is 2. The van der Waals surface area contributed by atoms with Crippen molar-refractivity contribution >= 4 is 14.3 Å². The van der Waals surface area contributed by atoms with Gasteiger partial charge in [-0.25, -0.2) is 0 Å². The van der Waals surface area contributed by atoms with Crippen molar-refractivity contribution in [2.45, 2.75) is 96.3 Å². The Bertz CT molecular complexity index is 661. The van der Waals surface area contributed by atoms with E-state index in [1.54, 1.807) is 0 Å². The van der Waals surface area contributed by atoms with Gasteiger partial charge < -0.3 is 27.3 Å². The van der Waals surface area contributed by atoms with Crippen LogP contribution in [0.2, 0.25) is 18.6 Å². The van der Waals surface area contributed by atoms with Crippen molar-refractivity contribution in [1.29, 1.82) is 0 Å². The summed E-state index contributed by atoms with van der Waals surface area (Å²) in [5.74, 6) is 2.73. The summed E-state index contributed by atoms with van der Waals surface area (Å²) in [6.07, 6.45) is 13.4. The van der Waals surface area contributed by atoms with Crippen LogP contribution >= 0.6 is 0 Å². The van der Waals surface area contributed by atoms with E-state index in [0.717, 1.165) is 17.4 Å². The summed E-state index contributed by atoms with van der Waals surface area (Å²) in [6.45, 7) is 14.1. The summed E-state index contributed by atoms with van der Waals surface area (Å²) in [5.41, 5.74) is 3.99. The van der Waals surface area contributed by atoms with Gasteiger partial charge in [-0.2, -0.15) is 0 Å². The van der Waals surface area contributed by atoms with Crippen LogP contribution in [0.5, 0.6) is 0 Å². The Hall–Kier alpha value is -0.149. The van der Waals surface area contributed by atoms with E-state index in [4.69, 9.17) is 4.98 Å². The second-order valence-electron chi connectivity index (χ2n) is 10.6. The summed E-state index contributed by atoms with van der Waals surface area (Å²) < 4.78 is 0. The Kier molecular flexibility index (Phi) is 14.4. The first-order valence-electron chi connectivity index (χ1n) is 11.2. The predicted molar refractivity (Wildman–Crippen MR) is 142 cm³/mol. The zero-order chi connectivity index (χ0) is 19.7. The van der Waals surface area contributed by atoms with Crippen molar-refractivity contribution in [3.63, 3.8) is 0 Å². The van der Waals surface area contributed by atoms with E-state index in [1.807, 2.05) is 0 Å². The zero-order valence-electron chi connectivity index (χ0n) is 22.0. The van der Waals surface area contributed by atoms with Gasteiger partial charge in [0.2, 0.25) is 0 Å². The molecule has 0 aliphatic heterocycles. The van der Waals surface area contributed by atoms with Gasteiger partial charge in [0.1, 0.15) is 0 Å². The van der Waals surface area contributed by atoms with Gasteiger partial charge in [0, 0.05) is 0 Å². The summed E-state index contributed by atoms with van der Waals surface area (Å²) in [6, 6.07) is 8.54. The molecular formula is C28H49NSiTi. The van der Waals surface area contributed by atoms with Crippen LogP contribution in [0.3, 0.4) is 0 Å². The molecule has 4 rings (SSSR count). The molecule has 0 heterocycles. The molecule has 4 atom stereocenters. The van der Waals surface area contributed by atoms with Crippen LogP contribution in [0.15, 0.2) is 30.3 Å². The number of hydrogen-bond donors (Lipinski definition) is 0. The molecule has 3 heteroatoms. The minimum absolute atomic E-state index is 0. The molecule has 31 heavy (non-hydrogen) atoms. The molecular weight excluding hydrogens is 426 g/mol. The van der Waals surface area contributed by atoms with Crippen LogP contribution in [0, 0.1) is 34.1 Å². The van der Waals surface area contributed by atoms with Crippen molar-refractivity contribution < 1.29 is 21.7 Å². The van der Waals surface area contributed by atoms with Gasteiger partial charge in [-0.1, -0.05) is 130 Å². The second kappa shape index (κ2) is 13.5. The van der Waals surface area contributed by atoms with Crippen molar-refractivity contribution in [1.82, 2.24) is 0 Å². The normalized spacial score (nSPS) is 25.9. The van der Waals surface area contributed by atoms with E-state index in [2.05, 4.69) is 77.2 Å². The van der Waals surface area contributed by atoms with Crippen molar-refractivity contribution in [3.05, 3.63) is 68.7 Å². The van der Waals surface area contributed by atoms with Gasteiger partial charge in [0.05, 0.1) is 0 Å². The maximum Gasteiger partial charge on any atom is 4.00 e. The minimum atomic E-state index is -1.39. The molecule has 4 unspecified atom stereocenters. The number of rotatable bonds is 2. The molecule has 0 saturated heterocycles. The topological polar surface area (TPSA) is 14.1 Å². The molecule has 1 nitrogen and oxygen atoms in total. The zero-order valence-corrected chi connectivity index (χ0v) is 24.5. The molecule has 0 amide bonds. The van der Waals surface area contributed by atoms with Crippen molar-refractivity contribution in [2.24, 2.45) is 11.8 Å². The largest absolute Gasteiger partial charge is 4.00 e. The predicted octanol–water partition coefficient (Wildman–Crippen LogP) is 9.50. The van der Waals surface area contributed by atoms with Crippen LogP contribution in [0.1, 0.15) is 83.3 Å². The van der Waals surface area contributed by atoms with Gasteiger partial charge in [0.15, 0.2) is 0 Å². The van der Waals surface area contributed by atoms with E-state index in [1.165, 1.54) is 49.7 Å². The fourth-order valence-corrected chi connectivity index (χ4v) is 10.2. The summed E-state index contributed by atoms with van der Waals surface area (Å²) in [7, 11) is -1.39. The van der Waals surface area contributed by atoms with Gasteiger partial charge in [-0.15, -0.1) is 5.54 Å². The molecule has 1 aromatic carbocycles. The second-order valence-corrected chi connectivity index (χ2v) is 14.9. The molecule has 0 radical (unpaired) electrons. The number of benzene rings is 1. The van der Waals surface area contributed by atoms with Crippen LogP contribution in [0.25, 0.3) is 11.1 Å². The molecule has 0 spiro atoms. The van der Waals surface area contributed by atoms with E-state index >= 15 is 0 Å². The summed E-state index contributed by atoms with van der Waals surface area (Å²) in [4.78, 5) is 5.25. The first-order chi connectivity index (χ1) is 12.7. The SMILES string of the molecule is CC(C)(C)[N-][Si](C)(C)C1CCC2CCCCC21.CC1C=Cc2ccccc21.[CH3-].[CH3-].[CH3-].[Ti+4]. The van der Waals surface area contributed by atoms with Gasteiger partial charge in [-0.3, -0.25) is 0 Å². The van der Waals surface area contributed by atoms with E-state index in [0.29, 0.717) is 5.92 Å². The third-order valence-electron chi connectivity index (χ3n) is 6.92.